The first kappa shape index (κ1) is 30.2. The van der Waals surface area contributed by atoms with Crippen molar-refractivity contribution in [2.45, 2.75) is 23.6 Å². The molecule has 14 heteroatoms. The van der Waals surface area contributed by atoms with Gasteiger partial charge in [0.15, 0.2) is 0 Å². The van der Waals surface area contributed by atoms with Gasteiger partial charge in [-0.15, -0.1) is 0 Å². The normalized spacial score (nSPS) is 12.6. The number of phenolic OH excluding ortho intramolecular Hbond substituents is 2. The Balaban J connectivity index is 1.67. The van der Waals surface area contributed by atoms with Crippen LogP contribution < -0.4 is 0 Å². The van der Waals surface area contributed by atoms with Crippen LogP contribution in [0.4, 0.5) is 22.7 Å². The molecule has 0 spiro atoms. The molecule has 0 bridgehead atoms. The minimum atomic E-state index is -4.74. The van der Waals surface area contributed by atoms with Gasteiger partial charge >= 0.3 is 0 Å². The van der Waals surface area contributed by atoms with E-state index in [0.717, 1.165) is 12.1 Å². The average molecular weight is 609 g/mol. The zero-order chi connectivity index (χ0) is 30.7. The van der Waals surface area contributed by atoms with E-state index in [-0.39, 0.29) is 34.0 Å². The molecule has 12 nitrogen and oxygen atoms in total. The minimum Gasteiger partial charge on any atom is -0.508 e. The van der Waals surface area contributed by atoms with Gasteiger partial charge in [-0.25, -0.2) is 0 Å². The summed E-state index contributed by atoms with van der Waals surface area (Å²) in [6, 6.07) is 16.6. The molecule has 0 saturated heterocycles. The van der Waals surface area contributed by atoms with E-state index in [2.05, 4.69) is 20.5 Å². The number of azo groups is 2. The number of aromatic hydroxyl groups is 2. The third-order valence-corrected chi connectivity index (χ3v) is 7.72. The van der Waals surface area contributed by atoms with Crippen molar-refractivity contribution in [3.8, 4) is 11.5 Å². The summed E-state index contributed by atoms with van der Waals surface area (Å²) in [5, 5.41) is 35.2. The average Bonchev–Trinajstić information content (AvgIpc) is 2.90. The van der Waals surface area contributed by atoms with Gasteiger partial charge in [-0.1, -0.05) is 24.3 Å². The molecule has 0 unspecified atom stereocenters. The van der Waals surface area contributed by atoms with Crippen LogP contribution in [-0.4, -0.2) is 36.2 Å². The Morgan fingerprint density at radius 3 is 1.26 bits per heavy atom. The Labute approximate surface area is 241 Å². The molecule has 0 aromatic heterocycles. The summed E-state index contributed by atoms with van der Waals surface area (Å²) in [5.74, 6) is 0.105. The Morgan fingerprint density at radius 2 is 0.929 bits per heavy atom. The third kappa shape index (κ3) is 7.50. The minimum absolute atomic E-state index is 0.00474. The summed E-state index contributed by atoms with van der Waals surface area (Å²) in [6.45, 7) is 3.41. The molecule has 4 N–H and O–H groups in total. The molecular weight excluding hydrogens is 584 g/mol. The quantitative estimate of drug-likeness (QED) is 0.0913. The molecule has 42 heavy (non-hydrogen) atoms. The van der Waals surface area contributed by atoms with Crippen molar-refractivity contribution in [1.29, 1.82) is 0 Å². The van der Waals surface area contributed by atoms with Crippen LogP contribution in [0.2, 0.25) is 0 Å². The molecule has 0 aliphatic rings. The second-order valence-electron chi connectivity index (χ2n) is 9.07. The van der Waals surface area contributed by atoms with E-state index in [1.807, 2.05) is 0 Å². The number of phenols is 2. The van der Waals surface area contributed by atoms with Crippen LogP contribution >= 0.6 is 0 Å². The molecule has 0 atom stereocenters. The molecule has 0 aliphatic carbocycles. The van der Waals surface area contributed by atoms with Crippen LogP contribution in [0.15, 0.2) is 103 Å². The summed E-state index contributed by atoms with van der Waals surface area (Å²) in [7, 11) is -9.48. The maximum Gasteiger partial charge on any atom is 0.295 e. The third-order valence-electron chi connectivity index (χ3n) is 5.90. The maximum absolute atomic E-state index is 12.1. The fraction of sp³-hybridized carbons (Fsp3) is 0.0714. The Morgan fingerprint density at radius 1 is 0.548 bits per heavy atom. The van der Waals surface area contributed by atoms with E-state index in [1.165, 1.54) is 72.8 Å². The van der Waals surface area contributed by atoms with Crippen molar-refractivity contribution in [1.82, 2.24) is 0 Å². The van der Waals surface area contributed by atoms with Crippen LogP contribution in [0.3, 0.4) is 0 Å². The number of hydrogen-bond acceptors (Lipinski definition) is 10. The lowest BCUT2D eigenvalue weighted by Gasteiger charge is -2.07. The van der Waals surface area contributed by atoms with Gasteiger partial charge in [-0.3, -0.25) is 9.11 Å². The van der Waals surface area contributed by atoms with Crippen molar-refractivity contribution in [3.05, 3.63) is 95.1 Å². The van der Waals surface area contributed by atoms with Gasteiger partial charge in [-0.2, -0.15) is 37.3 Å². The summed E-state index contributed by atoms with van der Waals surface area (Å²) < 4.78 is 68.2. The van der Waals surface area contributed by atoms with Crippen LogP contribution in [0.25, 0.3) is 12.2 Å². The van der Waals surface area contributed by atoms with E-state index < -0.39 is 30.0 Å². The van der Waals surface area contributed by atoms with Gasteiger partial charge < -0.3 is 10.2 Å². The summed E-state index contributed by atoms with van der Waals surface area (Å²) in [4.78, 5) is -1.03. The number of hydrogen-bond donors (Lipinski definition) is 4. The van der Waals surface area contributed by atoms with Crippen LogP contribution in [-0.2, 0) is 20.2 Å². The number of rotatable bonds is 8. The van der Waals surface area contributed by atoms with Crippen LogP contribution in [0.5, 0.6) is 11.5 Å². The largest absolute Gasteiger partial charge is 0.508 e. The van der Waals surface area contributed by atoms with E-state index in [0.29, 0.717) is 22.5 Å². The predicted molar refractivity (Wildman–Crippen MR) is 155 cm³/mol. The van der Waals surface area contributed by atoms with Crippen molar-refractivity contribution in [2.24, 2.45) is 20.5 Å². The fourth-order valence-corrected chi connectivity index (χ4v) is 5.21. The standard InChI is InChI=1S/C28H24N4O8S2/c1-17-13-23(33)9-11-25(17)31-29-21-7-5-19(27(15-21)41(35,36)37)3-4-20-6-8-22(16-28(20)42(38,39)40)30-32-26-12-10-24(34)14-18(26)2/h3-16,33-34H,1-2H3,(H,35,36,37)(H,38,39,40)/b4-3+,31-29?,32-30?. The first-order chi connectivity index (χ1) is 19.7. The molecule has 4 rings (SSSR count). The fourth-order valence-electron chi connectivity index (χ4n) is 3.80. The van der Waals surface area contributed by atoms with Gasteiger partial charge in [0.05, 0.1) is 22.7 Å². The van der Waals surface area contributed by atoms with E-state index in [4.69, 9.17) is 0 Å². The summed E-state index contributed by atoms with van der Waals surface area (Å²) >= 11 is 0. The van der Waals surface area contributed by atoms with Crippen molar-refractivity contribution < 1.29 is 36.2 Å². The van der Waals surface area contributed by atoms with Gasteiger partial charge in [0, 0.05) is 0 Å². The summed E-state index contributed by atoms with van der Waals surface area (Å²) in [5.41, 5.74) is 2.34. The van der Waals surface area contributed by atoms with Crippen molar-refractivity contribution in [2.75, 3.05) is 0 Å². The second kappa shape index (κ2) is 12.0. The van der Waals surface area contributed by atoms with Gasteiger partial charge in [0.2, 0.25) is 0 Å². The number of nitrogens with zero attached hydrogens (tertiary/aromatic N) is 4. The number of benzene rings is 4. The SMILES string of the molecule is Cc1cc(O)ccc1N=Nc1ccc(/C=C/c2ccc(N=Nc3ccc(O)cc3C)cc2S(=O)(=O)O)c(S(=O)(=O)O)c1. The second-order valence-corrected chi connectivity index (χ2v) is 11.8. The van der Waals surface area contributed by atoms with Gasteiger partial charge in [0.1, 0.15) is 21.3 Å². The van der Waals surface area contributed by atoms with Crippen molar-refractivity contribution in [3.63, 3.8) is 0 Å². The molecule has 4 aromatic rings. The zero-order valence-electron chi connectivity index (χ0n) is 22.1. The smallest absolute Gasteiger partial charge is 0.295 e. The summed E-state index contributed by atoms with van der Waals surface area (Å²) in [6.07, 6.45) is 2.50. The molecule has 0 fully saturated rings. The first-order valence-corrected chi connectivity index (χ1v) is 14.9. The molecule has 4 aromatic carbocycles. The zero-order valence-corrected chi connectivity index (χ0v) is 23.7. The molecule has 0 saturated carbocycles. The van der Waals surface area contributed by atoms with Crippen LogP contribution in [0, 0.1) is 13.8 Å². The molecule has 0 amide bonds. The molecule has 216 valence electrons. The van der Waals surface area contributed by atoms with E-state index in [1.54, 1.807) is 13.8 Å². The Bertz CT molecular complexity index is 1840. The number of aryl methyl sites for hydroxylation is 2. The Kier molecular flexibility index (Phi) is 8.63. The first-order valence-electron chi connectivity index (χ1n) is 12.0. The molecule has 0 radical (unpaired) electrons. The lowest BCUT2D eigenvalue weighted by molar-refractivity contribution is 0.474. The predicted octanol–water partition coefficient (Wildman–Crippen LogP) is 7.21. The Hall–Kier alpha value is -4.76. The molecular formula is C28H24N4O8S2. The maximum atomic E-state index is 12.1. The topological polar surface area (TPSA) is 199 Å². The van der Waals surface area contributed by atoms with Crippen molar-refractivity contribution >= 4 is 55.1 Å². The van der Waals surface area contributed by atoms with Gasteiger partial charge in [0.25, 0.3) is 20.2 Å². The highest BCUT2D eigenvalue weighted by Gasteiger charge is 2.18. The lowest BCUT2D eigenvalue weighted by atomic mass is 10.1. The highest BCUT2D eigenvalue weighted by atomic mass is 32.2. The monoisotopic (exact) mass is 608 g/mol. The molecule has 0 heterocycles. The van der Waals surface area contributed by atoms with E-state index in [9.17, 15) is 36.2 Å². The highest BCUT2D eigenvalue weighted by Crippen LogP contribution is 2.31. The highest BCUT2D eigenvalue weighted by molar-refractivity contribution is 7.86. The lowest BCUT2D eigenvalue weighted by Crippen LogP contribution is -2.01. The van der Waals surface area contributed by atoms with Gasteiger partial charge in [-0.05, 0) is 96.8 Å². The van der Waals surface area contributed by atoms with E-state index >= 15 is 0 Å². The van der Waals surface area contributed by atoms with Crippen LogP contribution in [0.1, 0.15) is 22.3 Å². The molecule has 0 aliphatic heterocycles.